The zero-order valence-electron chi connectivity index (χ0n) is 14.4. The zero-order chi connectivity index (χ0) is 17.3. The van der Waals surface area contributed by atoms with Crippen molar-refractivity contribution in [3.63, 3.8) is 0 Å². The number of benzene rings is 1. The van der Waals surface area contributed by atoms with Gasteiger partial charge in [-0.15, -0.1) is 0 Å². The summed E-state index contributed by atoms with van der Waals surface area (Å²) >= 11 is 0. The molecule has 0 aliphatic carbocycles. The molecule has 122 valence electrons. The molecular formula is C17H22N3O3+. The van der Waals surface area contributed by atoms with Gasteiger partial charge >= 0.3 is 6.09 Å². The average Bonchev–Trinajstić information content (AvgIpc) is 2.50. The molecule has 0 saturated heterocycles. The average molecular weight is 316 g/mol. The third-order valence-corrected chi connectivity index (χ3v) is 3.79. The van der Waals surface area contributed by atoms with Gasteiger partial charge in [-0.3, -0.25) is 4.79 Å². The van der Waals surface area contributed by atoms with Crippen LogP contribution in [0.5, 0.6) is 5.75 Å². The van der Waals surface area contributed by atoms with Crippen LogP contribution in [-0.2, 0) is 7.05 Å². The van der Waals surface area contributed by atoms with Crippen molar-refractivity contribution in [1.29, 1.82) is 0 Å². The zero-order valence-corrected chi connectivity index (χ0v) is 14.4. The van der Waals surface area contributed by atoms with E-state index in [0.29, 0.717) is 11.3 Å². The Bertz CT molecular complexity index is 782. The number of rotatable bonds is 2. The molecule has 2 aromatic rings. The van der Waals surface area contributed by atoms with Gasteiger partial charge in [0, 0.05) is 41.2 Å². The van der Waals surface area contributed by atoms with Gasteiger partial charge in [0.1, 0.15) is 18.4 Å². The van der Waals surface area contributed by atoms with Crippen molar-refractivity contribution in [2.75, 3.05) is 28.2 Å². The van der Waals surface area contributed by atoms with Crippen LogP contribution >= 0.6 is 0 Å². The molecule has 0 saturated carbocycles. The first-order valence-electron chi connectivity index (χ1n) is 7.27. The van der Waals surface area contributed by atoms with Gasteiger partial charge in [-0.05, 0) is 12.1 Å². The summed E-state index contributed by atoms with van der Waals surface area (Å²) in [6.45, 7) is 1.90. The highest BCUT2D eigenvalue weighted by Gasteiger charge is 2.23. The molecule has 1 aromatic heterocycles. The molecule has 0 atom stereocenters. The first kappa shape index (κ1) is 16.7. The van der Waals surface area contributed by atoms with Gasteiger partial charge in [-0.2, -0.15) is 4.57 Å². The molecule has 0 aliphatic heterocycles. The Hall–Kier alpha value is -2.63. The molecule has 6 nitrogen and oxygen atoms in total. The second-order valence-corrected chi connectivity index (χ2v) is 5.85. The van der Waals surface area contributed by atoms with Crippen LogP contribution in [0.4, 0.5) is 4.79 Å². The van der Waals surface area contributed by atoms with Crippen LogP contribution in [0.1, 0.15) is 16.1 Å². The van der Waals surface area contributed by atoms with E-state index in [2.05, 4.69) is 0 Å². The van der Waals surface area contributed by atoms with Crippen LogP contribution in [0.25, 0.3) is 10.9 Å². The Morgan fingerprint density at radius 2 is 1.74 bits per heavy atom. The molecule has 0 bridgehead atoms. The summed E-state index contributed by atoms with van der Waals surface area (Å²) in [6, 6.07) is 7.26. The lowest BCUT2D eigenvalue weighted by Gasteiger charge is -2.14. The third kappa shape index (κ3) is 3.11. The van der Waals surface area contributed by atoms with Gasteiger partial charge in [0.05, 0.1) is 5.39 Å². The van der Waals surface area contributed by atoms with Crippen LogP contribution < -0.4 is 9.30 Å². The van der Waals surface area contributed by atoms with Crippen LogP contribution in [0, 0.1) is 6.92 Å². The van der Waals surface area contributed by atoms with Gasteiger partial charge in [-0.25, -0.2) is 4.79 Å². The second kappa shape index (κ2) is 6.24. The minimum Gasteiger partial charge on any atom is -0.409 e. The highest BCUT2D eigenvalue weighted by Crippen LogP contribution is 2.26. The topological polar surface area (TPSA) is 53.7 Å². The smallest absolute Gasteiger partial charge is 0.409 e. The maximum absolute atomic E-state index is 12.4. The fourth-order valence-corrected chi connectivity index (χ4v) is 2.31. The molecule has 0 fully saturated rings. The van der Waals surface area contributed by atoms with Gasteiger partial charge in [0.2, 0.25) is 5.52 Å². The van der Waals surface area contributed by atoms with Crippen molar-refractivity contribution >= 4 is 22.9 Å². The van der Waals surface area contributed by atoms with E-state index in [9.17, 15) is 9.59 Å². The lowest BCUT2D eigenvalue weighted by molar-refractivity contribution is -0.651. The Kier molecular flexibility index (Phi) is 4.54. The summed E-state index contributed by atoms with van der Waals surface area (Å²) in [5.74, 6) is 0.346. The number of fused-ring (bicyclic) bond motifs is 1. The first-order chi connectivity index (χ1) is 10.7. The van der Waals surface area contributed by atoms with Crippen molar-refractivity contribution in [3.05, 3.63) is 35.5 Å². The summed E-state index contributed by atoms with van der Waals surface area (Å²) in [7, 11) is 8.56. The number of ether oxygens (including phenoxy) is 1. The lowest BCUT2D eigenvalue weighted by Crippen LogP contribution is -2.37. The molecular weight excluding hydrogens is 294 g/mol. The molecule has 2 rings (SSSR count). The van der Waals surface area contributed by atoms with E-state index in [1.165, 1.54) is 9.80 Å². The molecule has 1 aromatic carbocycles. The summed E-state index contributed by atoms with van der Waals surface area (Å²) in [4.78, 5) is 27.1. The number of carbonyl (C=O) groups excluding carboxylic acids is 2. The lowest BCUT2D eigenvalue weighted by atomic mass is 10.1. The highest BCUT2D eigenvalue weighted by molar-refractivity contribution is 5.98. The standard InChI is InChI=1S/C17H22N3O3/c1-11-12(16(21)18(2)3)10-13-14(20(11)6)8-7-9-15(13)23-17(22)19(4)5/h7-10H,1-6H3/q+1. The molecule has 6 heteroatoms. The van der Waals surface area contributed by atoms with E-state index >= 15 is 0 Å². The first-order valence-corrected chi connectivity index (χ1v) is 7.27. The van der Waals surface area contributed by atoms with Crippen LogP contribution in [0.3, 0.4) is 0 Å². The fourth-order valence-electron chi connectivity index (χ4n) is 2.31. The Labute approximate surface area is 135 Å². The largest absolute Gasteiger partial charge is 0.414 e. The normalized spacial score (nSPS) is 10.5. The minimum absolute atomic E-state index is 0.0891. The minimum atomic E-state index is -0.457. The predicted molar refractivity (Wildman–Crippen MR) is 87.6 cm³/mol. The van der Waals surface area contributed by atoms with Crippen molar-refractivity contribution in [2.45, 2.75) is 6.92 Å². The highest BCUT2D eigenvalue weighted by atomic mass is 16.6. The van der Waals surface area contributed by atoms with Gasteiger partial charge in [-0.1, -0.05) is 6.07 Å². The number of hydrogen-bond donors (Lipinski definition) is 0. The number of aromatic nitrogens is 1. The Morgan fingerprint density at radius 3 is 2.30 bits per heavy atom. The maximum Gasteiger partial charge on any atom is 0.414 e. The van der Waals surface area contributed by atoms with Crippen LogP contribution in [0.15, 0.2) is 24.3 Å². The number of aryl methyl sites for hydroxylation is 1. The van der Waals surface area contributed by atoms with E-state index in [0.717, 1.165) is 16.6 Å². The number of amides is 2. The quantitative estimate of drug-likeness (QED) is 0.793. The van der Waals surface area contributed by atoms with E-state index < -0.39 is 6.09 Å². The second-order valence-electron chi connectivity index (χ2n) is 5.85. The fraction of sp³-hybridized carbons (Fsp3) is 0.353. The molecule has 1 heterocycles. The molecule has 0 unspecified atom stereocenters. The van der Waals surface area contributed by atoms with Crippen molar-refractivity contribution in [2.24, 2.45) is 7.05 Å². The van der Waals surface area contributed by atoms with Crippen molar-refractivity contribution in [1.82, 2.24) is 9.80 Å². The molecule has 0 N–H and O–H groups in total. The van der Waals surface area contributed by atoms with E-state index in [1.54, 1.807) is 40.3 Å². The van der Waals surface area contributed by atoms with Gasteiger partial charge in [0.25, 0.3) is 5.91 Å². The molecule has 0 aliphatic rings. The van der Waals surface area contributed by atoms with Gasteiger partial charge < -0.3 is 14.5 Å². The molecule has 23 heavy (non-hydrogen) atoms. The van der Waals surface area contributed by atoms with Gasteiger partial charge in [0.15, 0.2) is 5.69 Å². The maximum atomic E-state index is 12.4. The van der Waals surface area contributed by atoms with Crippen molar-refractivity contribution < 1.29 is 18.9 Å². The number of hydrogen-bond acceptors (Lipinski definition) is 3. The van der Waals surface area contributed by atoms with Crippen molar-refractivity contribution in [3.8, 4) is 5.75 Å². The third-order valence-electron chi connectivity index (χ3n) is 3.79. The number of carbonyl (C=O) groups is 2. The SMILES string of the molecule is Cc1c(C(=O)N(C)C)cc2c(OC(=O)N(C)C)cccc2[n+]1C. The van der Waals surface area contributed by atoms with E-state index in [-0.39, 0.29) is 5.91 Å². The monoisotopic (exact) mass is 316 g/mol. The summed E-state index contributed by atoms with van der Waals surface area (Å²) in [6.07, 6.45) is -0.457. The van der Waals surface area contributed by atoms with E-state index in [4.69, 9.17) is 4.74 Å². The Morgan fingerprint density at radius 1 is 1.09 bits per heavy atom. The summed E-state index contributed by atoms with van der Waals surface area (Å²) < 4.78 is 7.36. The molecule has 2 amide bonds. The summed E-state index contributed by atoms with van der Waals surface area (Å²) in [5, 5.41) is 0.723. The number of nitrogens with zero attached hydrogens (tertiary/aromatic N) is 3. The Balaban J connectivity index is 2.68. The number of pyridine rings is 1. The van der Waals surface area contributed by atoms with E-state index in [1.807, 2.05) is 30.7 Å². The van der Waals surface area contributed by atoms with Crippen LogP contribution in [0.2, 0.25) is 0 Å². The van der Waals surface area contributed by atoms with Crippen LogP contribution in [-0.4, -0.2) is 50.0 Å². The molecule has 0 radical (unpaired) electrons. The predicted octanol–water partition coefficient (Wildman–Crippen LogP) is 1.73. The summed E-state index contributed by atoms with van der Waals surface area (Å²) in [5.41, 5.74) is 2.33. The molecule has 0 spiro atoms.